The van der Waals surface area contributed by atoms with E-state index in [1.807, 2.05) is 12.1 Å². The maximum Gasteiger partial charge on any atom is 0.127 e. The van der Waals surface area contributed by atoms with Crippen molar-refractivity contribution in [2.24, 2.45) is 0 Å². The van der Waals surface area contributed by atoms with Gasteiger partial charge in [-0.3, -0.25) is 4.90 Å². The zero-order valence-corrected chi connectivity index (χ0v) is 18.7. The Kier molecular flexibility index (Phi) is 7.13. The molecular weight excluding hydrogens is 390 g/mol. The fraction of sp³-hybridized carbons (Fsp3) is 0.520. The van der Waals surface area contributed by atoms with Crippen molar-refractivity contribution in [3.63, 3.8) is 0 Å². The summed E-state index contributed by atoms with van der Waals surface area (Å²) in [6.45, 7) is 5.69. The first-order valence-electron chi connectivity index (χ1n) is 11.3. The summed E-state index contributed by atoms with van der Waals surface area (Å²) in [4.78, 5) is 4.62. The van der Waals surface area contributed by atoms with Crippen molar-refractivity contribution in [1.82, 2.24) is 15.1 Å². The first-order valence-corrected chi connectivity index (χ1v) is 11.3. The number of ether oxygens (including phenoxy) is 2. The van der Waals surface area contributed by atoms with Gasteiger partial charge in [-0.05, 0) is 31.5 Å². The van der Waals surface area contributed by atoms with Gasteiger partial charge in [0.05, 0.1) is 7.11 Å². The van der Waals surface area contributed by atoms with E-state index < -0.39 is 6.10 Å². The lowest BCUT2D eigenvalue weighted by Gasteiger charge is -2.33. The minimum atomic E-state index is -0.519. The molecule has 2 aromatic carbocycles. The van der Waals surface area contributed by atoms with E-state index in [1.165, 1.54) is 5.56 Å². The third-order valence-electron chi connectivity index (χ3n) is 6.46. The zero-order valence-electron chi connectivity index (χ0n) is 18.7. The van der Waals surface area contributed by atoms with Crippen LogP contribution in [0.2, 0.25) is 0 Å². The van der Waals surface area contributed by atoms with E-state index >= 15 is 0 Å². The molecule has 1 saturated carbocycles. The van der Waals surface area contributed by atoms with Crippen LogP contribution in [0, 0.1) is 0 Å². The molecule has 0 aromatic heterocycles. The highest BCUT2D eigenvalue weighted by Crippen LogP contribution is 2.45. The van der Waals surface area contributed by atoms with Gasteiger partial charge in [0.2, 0.25) is 0 Å². The topological polar surface area (TPSA) is 57.2 Å². The van der Waals surface area contributed by atoms with Gasteiger partial charge < -0.3 is 24.8 Å². The summed E-state index contributed by atoms with van der Waals surface area (Å²) in [5.74, 6) is 1.53. The Morgan fingerprint density at radius 1 is 1.06 bits per heavy atom. The number of aliphatic hydroxyl groups excluding tert-OH is 1. The summed E-state index contributed by atoms with van der Waals surface area (Å²) in [5.41, 5.74) is 2.49. The predicted molar refractivity (Wildman–Crippen MR) is 123 cm³/mol. The van der Waals surface area contributed by atoms with Crippen LogP contribution in [-0.2, 0) is 12.1 Å². The van der Waals surface area contributed by atoms with Gasteiger partial charge in [0.15, 0.2) is 0 Å². The molecule has 1 aliphatic carbocycles. The highest BCUT2D eigenvalue weighted by Gasteiger charge is 2.43. The molecule has 2 aromatic rings. The second-order valence-corrected chi connectivity index (χ2v) is 8.84. The summed E-state index contributed by atoms with van der Waals surface area (Å²) < 4.78 is 11.5. The molecular formula is C25H35N3O3. The molecule has 0 radical (unpaired) electrons. The molecule has 168 valence electrons. The molecule has 1 saturated heterocycles. The second kappa shape index (κ2) is 10.0. The number of β-amino-alcohol motifs (C(OH)–C–C–N with tert-alkyl or cyclic N) is 1. The summed E-state index contributed by atoms with van der Waals surface area (Å²) in [7, 11) is 3.80. The Balaban J connectivity index is 1.35. The fourth-order valence-corrected chi connectivity index (χ4v) is 4.22. The standard InChI is InChI=1S/C25H35N3O3/c1-27-12-14-28(15-13-27)18-22(29)19-31-24-16-23(30-2)9-8-20(24)17-26-25(10-11-25)21-6-4-3-5-7-21/h3-9,16,22,26,29H,10-15,17-19H2,1-2H3/t22-/m0/s1. The number of rotatable bonds is 10. The minimum absolute atomic E-state index is 0.0688. The van der Waals surface area contributed by atoms with Crippen molar-refractivity contribution >= 4 is 0 Å². The largest absolute Gasteiger partial charge is 0.497 e. The maximum atomic E-state index is 10.5. The zero-order chi connectivity index (χ0) is 21.7. The number of nitrogens with one attached hydrogen (secondary N) is 1. The molecule has 0 spiro atoms. The molecule has 1 heterocycles. The second-order valence-electron chi connectivity index (χ2n) is 8.84. The van der Waals surface area contributed by atoms with E-state index in [0.717, 1.165) is 56.1 Å². The number of nitrogens with zero attached hydrogens (tertiary/aromatic N) is 2. The molecule has 6 heteroatoms. The molecule has 6 nitrogen and oxygen atoms in total. The van der Waals surface area contributed by atoms with Crippen molar-refractivity contribution in [3.05, 3.63) is 59.7 Å². The molecule has 2 fully saturated rings. The van der Waals surface area contributed by atoms with Gasteiger partial charge in [0, 0.05) is 56.4 Å². The Hall–Kier alpha value is -2.12. The molecule has 1 atom stereocenters. The van der Waals surface area contributed by atoms with Gasteiger partial charge in [-0.15, -0.1) is 0 Å². The first kappa shape index (κ1) is 22.1. The number of likely N-dealkylation sites (N-methyl/N-ethyl adjacent to an activating group) is 1. The normalized spacial score (nSPS) is 19.7. The molecule has 0 amide bonds. The van der Waals surface area contributed by atoms with Crippen molar-refractivity contribution in [1.29, 1.82) is 0 Å². The maximum absolute atomic E-state index is 10.5. The average molecular weight is 426 g/mol. The molecule has 2 N–H and O–H groups in total. The van der Waals surface area contributed by atoms with Crippen molar-refractivity contribution < 1.29 is 14.6 Å². The molecule has 1 aliphatic heterocycles. The number of benzene rings is 2. The smallest absolute Gasteiger partial charge is 0.127 e. The van der Waals surface area contributed by atoms with Crippen LogP contribution < -0.4 is 14.8 Å². The quantitative estimate of drug-likeness (QED) is 0.610. The molecule has 4 rings (SSSR count). The molecule has 31 heavy (non-hydrogen) atoms. The third kappa shape index (κ3) is 5.77. The SMILES string of the molecule is COc1ccc(CNC2(c3ccccc3)CC2)c(OC[C@@H](O)CN2CCN(C)CC2)c1. The molecule has 0 bridgehead atoms. The third-order valence-corrected chi connectivity index (χ3v) is 6.46. The number of piperazine rings is 1. The van der Waals surface area contributed by atoms with Gasteiger partial charge in [-0.2, -0.15) is 0 Å². The van der Waals surface area contributed by atoms with Crippen molar-refractivity contribution in [3.8, 4) is 11.5 Å². The summed E-state index contributed by atoms with van der Waals surface area (Å²) in [6, 6.07) is 16.6. The molecule has 0 unspecified atom stereocenters. The Bertz CT molecular complexity index is 833. The van der Waals surface area contributed by atoms with Crippen LogP contribution in [0.1, 0.15) is 24.0 Å². The van der Waals surface area contributed by atoms with Crippen LogP contribution in [0.3, 0.4) is 0 Å². The lowest BCUT2D eigenvalue weighted by atomic mass is 10.0. The Morgan fingerprint density at radius 2 is 1.81 bits per heavy atom. The number of hydrogen-bond acceptors (Lipinski definition) is 6. The fourth-order valence-electron chi connectivity index (χ4n) is 4.22. The average Bonchev–Trinajstić information content (AvgIpc) is 3.60. The monoisotopic (exact) mass is 425 g/mol. The number of aliphatic hydroxyl groups is 1. The first-order chi connectivity index (χ1) is 15.1. The minimum Gasteiger partial charge on any atom is -0.497 e. The number of methoxy groups -OCH3 is 1. The van der Waals surface area contributed by atoms with E-state index in [9.17, 15) is 5.11 Å². The number of hydrogen-bond donors (Lipinski definition) is 2. The van der Waals surface area contributed by atoms with E-state index in [-0.39, 0.29) is 12.1 Å². The van der Waals surface area contributed by atoms with Crippen LogP contribution in [0.25, 0.3) is 0 Å². The highest BCUT2D eigenvalue weighted by atomic mass is 16.5. The predicted octanol–water partition coefficient (Wildman–Crippen LogP) is 2.46. The molecule has 2 aliphatic rings. The summed E-state index contributed by atoms with van der Waals surface area (Å²) in [5, 5.41) is 14.3. The van der Waals surface area contributed by atoms with E-state index in [1.54, 1.807) is 7.11 Å². The summed E-state index contributed by atoms with van der Waals surface area (Å²) in [6.07, 6.45) is 1.77. The van der Waals surface area contributed by atoms with Gasteiger partial charge in [-0.25, -0.2) is 0 Å². The van der Waals surface area contributed by atoms with Crippen LogP contribution in [0.15, 0.2) is 48.5 Å². The van der Waals surface area contributed by atoms with Crippen LogP contribution >= 0.6 is 0 Å². The Morgan fingerprint density at radius 3 is 2.48 bits per heavy atom. The van der Waals surface area contributed by atoms with Crippen LogP contribution in [0.4, 0.5) is 0 Å². The lowest BCUT2D eigenvalue weighted by molar-refractivity contribution is 0.0501. The van der Waals surface area contributed by atoms with Crippen molar-refractivity contribution in [2.75, 3.05) is 53.5 Å². The van der Waals surface area contributed by atoms with Crippen molar-refractivity contribution in [2.45, 2.75) is 31.0 Å². The van der Waals surface area contributed by atoms with Gasteiger partial charge >= 0.3 is 0 Å². The highest BCUT2D eigenvalue weighted by molar-refractivity contribution is 5.41. The van der Waals surface area contributed by atoms with E-state index in [0.29, 0.717) is 13.1 Å². The summed E-state index contributed by atoms with van der Waals surface area (Å²) >= 11 is 0. The van der Waals surface area contributed by atoms with Gasteiger partial charge in [0.1, 0.15) is 24.2 Å². The van der Waals surface area contributed by atoms with Crippen LogP contribution in [0.5, 0.6) is 11.5 Å². The van der Waals surface area contributed by atoms with E-state index in [4.69, 9.17) is 9.47 Å². The van der Waals surface area contributed by atoms with Crippen LogP contribution in [-0.4, -0.2) is 74.5 Å². The van der Waals surface area contributed by atoms with Gasteiger partial charge in [0.25, 0.3) is 0 Å². The van der Waals surface area contributed by atoms with Gasteiger partial charge in [-0.1, -0.05) is 36.4 Å². The van der Waals surface area contributed by atoms with E-state index in [2.05, 4.69) is 58.6 Å². The lowest BCUT2D eigenvalue weighted by Crippen LogP contribution is -2.47. The Labute approximate surface area is 185 Å².